The van der Waals surface area contributed by atoms with E-state index in [9.17, 15) is 4.79 Å². The Morgan fingerprint density at radius 3 is 2.65 bits per heavy atom. The molecule has 5 aromatic rings. The van der Waals surface area contributed by atoms with Crippen LogP contribution >= 0.6 is 0 Å². The van der Waals surface area contributed by atoms with E-state index in [4.69, 9.17) is 19.7 Å². The first-order valence-electron chi connectivity index (χ1n) is 15.4. The Bertz CT molecular complexity index is 1800. The lowest BCUT2D eigenvalue weighted by Crippen LogP contribution is -2.60. The minimum atomic E-state index is -0.316. The lowest BCUT2D eigenvalue weighted by molar-refractivity contribution is -0.152. The number of nitrogens with zero attached hydrogens (tertiary/aromatic N) is 6. The van der Waals surface area contributed by atoms with Crippen molar-refractivity contribution in [3.63, 3.8) is 0 Å². The van der Waals surface area contributed by atoms with Gasteiger partial charge < -0.3 is 29.6 Å². The minimum Gasteiger partial charge on any atom is -0.496 e. The first-order valence-corrected chi connectivity index (χ1v) is 15.4. The van der Waals surface area contributed by atoms with E-state index in [0.29, 0.717) is 18.9 Å². The zero-order chi connectivity index (χ0) is 32.2. The third-order valence-corrected chi connectivity index (χ3v) is 8.53. The predicted molar refractivity (Wildman–Crippen MR) is 175 cm³/mol. The standard InChI is InChI=1S/C34H40N8O4/c1-22-14-27(39-46-22)16-36-32-31-29(37-34(35)38-32)12-13-42(31)18-26-11-10-25(15-30(26)44-4)17-41-19-28(20-41)40(3)23(2)33(43)45-21-24-8-6-5-7-9-24/h5-15,23,28H,16-21H2,1-4H3,(H3,35,36,37,38). The molecule has 1 aliphatic heterocycles. The lowest BCUT2D eigenvalue weighted by atomic mass is 10.0. The Hall–Kier alpha value is -4.94. The van der Waals surface area contributed by atoms with Crippen LogP contribution in [0.15, 0.2) is 71.4 Å². The van der Waals surface area contributed by atoms with Gasteiger partial charge in [0.1, 0.15) is 35.4 Å². The van der Waals surface area contributed by atoms with Crippen LogP contribution in [-0.2, 0) is 35.8 Å². The summed E-state index contributed by atoms with van der Waals surface area (Å²) in [6, 6.07) is 19.9. The van der Waals surface area contributed by atoms with Crippen LogP contribution in [0.1, 0.15) is 35.1 Å². The number of likely N-dealkylation sites (N-methyl/N-ethyl adjacent to an activating group) is 1. The second-order valence-corrected chi connectivity index (χ2v) is 11.8. The van der Waals surface area contributed by atoms with Gasteiger partial charge in [0, 0.05) is 43.5 Å². The van der Waals surface area contributed by atoms with Gasteiger partial charge in [-0.1, -0.05) is 47.6 Å². The summed E-state index contributed by atoms with van der Waals surface area (Å²) in [7, 11) is 3.69. The highest BCUT2D eigenvalue weighted by atomic mass is 16.5. The van der Waals surface area contributed by atoms with Crippen LogP contribution in [0.5, 0.6) is 5.75 Å². The third kappa shape index (κ3) is 6.98. The van der Waals surface area contributed by atoms with E-state index >= 15 is 0 Å². The maximum atomic E-state index is 12.7. The highest BCUT2D eigenvalue weighted by Crippen LogP contribution is 2.28. The molecule has 0 bridgehead atoms. The number of carbonyl (C=O) groups excluding carboxylic acids is 1. The van der Waals surface area contributed by atoms with Crippen LogP contribution in [0.4, 0.5) is 11.8 Å². The molecule has 1 unspecified atom stereocenters. The van der Waals surface area contributed by atoms with Gasteiger partial charge in [-0.15, -0.1) is 0 Å². The molecular formula is C34H40N8O4. The fourth-order valence-electron chi connectivity index (χ4n) is 5.78. The number of anilines is 2. The number of carbonyl (C=O) groups is 1. The van der Waals surface area contributed by atoms with Crippen molar-refractivity contribution in [3.8, 4) is 5.75 Å². The van der Waals surface area contributed by atoms with Gasteiger partial charge in [0.05, 0.1) is 25.7 Å². The number of likely N-dealkylation sites (tertiary alicyclic amines) is 1. The molecule has 1 saturated heterocycles. The number of ether oxygens (including phenoxy) is 2. The van der Waals surface area contributed by atoms with E-state index in [1.807, 2.05) is 69.6 Å². The Kier molecular flexibility index (Phi) is 9.18. The van der Waals surface area contributed by atoms with Gasteiger partial charge in [-0.05, 0) is 44.2 Å². The fourth-order valence-corrected chi connectivity index (χ4v) is 5.78. The van der Waals surface area contributed by atoms with Crippen LogP contribution < -0.4 is 15.8 Å². The minimum absolute atomic E-state index is 0.197. The number of nitrogen functional groups attached to an aromatic ring is 1. The quantitative estimate of drug-likeness (QED) is 0.182. The Morgan fingerprint density at radius 1 is 1.11 bits per heavy atom. The summed E-state index contributed by atoms with van der Waals surface area (Å²) < 4.78 is 18.7. The van der Waals surface area contributed by atoms with Crippen LogP contribution in [-0.4, -0.2) is 74.8 Å². The molecule has 12 nitrogen and oxygen atoms in total. The van der Waals surface area contributed by atoms with Crippen molar-refractivity contribution in [1.82, 2.24) is 29.5 Å². The van der Waals surface area contributed by atoms with Crippen molar-refractivity contribution < 1.29 is 18.8 Å². The molecule has 12 heteroatoms. The summed E-state index contributed by atoms with van der Waals surface area (Å²) in [5.74, 6) is 2.18. The largest absolute Gasteiger partial charge is 0.496 e. The van der Waals surface area contributed by atoms with Crippen molar-refractivity contribution in [2.75, 3.05) is 38.3 Å². The van der Waals surface area contributed by atoms with Gasteiger partial charge in [-0.3, -0.25) is 14.6 Å². The van der Waals surface area contributed by atoms with E-state index in [0.717, 1.165) is 64.6 Å². The molecule has 0 aliphatic carbocycles. The van der Waals surface area contributed by atoms with Gasteiger partial charge in [0.25, 0.3) is 0 Å². The second kappa shape index (κ2) is 13.6. The average Bonchev–Trinajstić information content (AvgIpc) is 3.65. The Balaban J connectivity index is 1.06. The molecule has 46 heavy (non-hydrogen) atoms. The molecule has 4 heterocycles. The van der Waals surface area contributed by atoms with Crippen LogP contribution in [0, 0.1) is 6.92 Å². The van der Waals surface area contributed by atoms with E-state index in [2.05, 4.69) is 53.0 Å². The number of nitrogens with two attached hydrogens (primary N) is 1. The van der Waals surface area contributed by atoms with Gasteiger partial charge in [0.2, 0.25) is 5.95 Å². The third-order valence-electron chi connectivity index (χ3n) is 8.53. The number of hydrogen-bond donors (Lipinski definition) is 2. The molecule has 1 aliphatic rings. The normalized spacial score (nSPS) is 14.4. The van der Waals surface area contributed by atoms with Crippen molar-refractivity contribution in [2.45, 2.75) is 52.2 Å². The van der Waals surface area contributed by atoms with Crippen molar-refractivity contribution in [3.05, 3.63) is 95.0 Å². The molecule has 240 valence electrons. The van der Waals surface area contributed by atoms with Crippen LogP contribution in [0.25, 0.3) is 11.0 Å². The zero-order valence-electron chi connectivity index (χ0n) is 26.6. The number of aryl methyl sites for hydroxylation is 1. The maximum absolute atomic E-state index is 12.7. The van der Waals surface area contributed by atoms with Gasteiger partial charge >= 0.3 is 5.97 Å². The van der Waals surface area contributed by atoms with Gasteiger partial charge in [0.15, 0.2) is 5.82 Å². The lowest BCUT2D eigenvalue weighted by Gasteiger charge is -2.45. The summed E-state index contributed by atoms with van der Waals surface area (Å²) in [4.78, 5) is 26.1. The number of hydrogen-bond acceptors (Lipinski definition) is 11. The summed E-state index contributed by atoms with van der Waals surface area (Å²) in [5, 5.41) is 7.40. The van der Waals surface area contributed by atoms with Crippen molar-refractivity contribution in [2.24, 2.45) is 0 Å². The van der Waals surface area contributed by atoms with E-state index in [1.54, 1.807) is 7.11 Å². The Labute approximate surface area is 268 Å². The molecule has 1 fully saturated rings. The number of methoxy groups -OCH3 is 1. The van der Waals surface area contributed by atoms with Crippen LogP contribution in [0.3, 0.4) is 0 Å². The maximum Gasteiger partial charge on any atom is 0.323 e. The van der Waals surface area contributed by atoms with E-state index in [-0.39, 0.29) is 30.6 Å². The molecule has 1 atom stereocenters. The number of aromatic nitrogens is 4. The first kappa shape index (κ1) is 31.1. The van der Waals surface area contributed by atoms with Crippen molar-refractivity contribution >= 4 is 28.8 Å². The molecule has 0 radical (unpaired) electrons. The highest BCUT2D eigenvalue weighted by molar-refractivity contribution is 5.87. The van der Waals surface area contributed by atoms with E-state index < -0.39 is 0 Å². The summed E-state index contributed by atoms with van der Waals surface area (Å²) in [6.07, 6.45) is 1.98. The molecule has 3 N–H and O–H groups in total. The molecule has 2 aromatic carbocycles. The summed E-state index contributed by atoms with van der Waals surface area (Å²) in [5.41, 5.74) is 11.6. The molecular weight excluding hydrogens is 584 g/mol. The van der Waals surface area contributed by atoms with Crippen LogP contribution in [0.2, 0.25) is 0 Å². The number of fused-ring (bicyclic) bond motifs is 1. The highest BCUT2D eigenvalue weighted by Gasteiger charge is 2.34. The van der Waals surface area contributed by atoms with E-state index in [1.165, 1.54) is 0 Å². The molecule has 0 saturated carbocycles. The monoisotopic (exact) mass is 624 g/mol. The fraction of sp³-hybridized carbons (Fsp3) is 0.353. The van der Waals surface area contributed by atoms with Crippen molar-refractivity contribution in [1.29, 1.82) is 0 Å². The number of nitrogens with one attached hydrogen (secondary N) is 1. The van der Waals surface area contributed by atoms with Gasteiger partial charge in [-0.2, -0.15) is 4.98 Å². The average molecular weight is 625 g/mol. The molecule has 3 aromatic heterocycles. The first-order chi connectivity index (χ1) is 22.3. The predicted octanol–water partition coefficient (Wildman–Crippen LogP) is 4.23. The smallest absolute Gasteiger partial charge is 0.323 e. The SMILES string of the molecule is COc1cc(CN2CC(N(C)C(C)C(=O)OCc3ccccc3)C2)ccc1Cn1ccc2nc(N)nc(NCc3cc(C)on3)c21. The Morgan fingerprint density at radius 2 is 1.91 bits per heavy atom. The van der Waals surface area contributed by atoms with Gasteiger partial charge in [-0.25, -0.2) is 4.98 Å². The number of rotatable bonds is 13. The summed E-state index contributed by atoms with van der Waals surface area (Å²) >= 11 is 0. The number of esters is 1. The number of benzene rings is 2. The topological polar surface area (TPSA) is 137 Å². The molecule has 0 amide bonds. The second-order valence-electron chi connectivity index (χ2n) is 11.8. The molecule has 6 rings (SSSR count). The zero-order valence-corrected chi connectivity index (χ0v) is 26.6. The molecule has 0 spiro atoms. The summed E-state index contributed by atoms with van der Waals surface area (Å²) in [6.45, 7) is 7.60.